The highest BCUT2D eigenvalue weighted by atomic mass is 16.5. The minimum atomic E-state index is -0.0582. The van der Waals surface area contributed by atoms with Crippen LogP contribution in [0.25, 0.3) is 11.6 Å². The summed E-state index contributed by atoms with van der Waals surface area (Å²) in [7, 11) is 1.63. The van der Waals surface area contributed by atoms with Crippen molar-refractivity contribution < 1.29 is 9.53 Å². The summed E-state index contributed by atoms with van der Waals surface area (Å²) in [6.07, 6.45) is 1.90. The van der Waals surface area contributed by atoms with Crippen molar-refractivity contribution in [2.75, 3.05) is 12.4 Å². The van der Waals surface area contributed by atoms with Crippen LogP contribution in [0.3, 0.4) is 0 Å². The van der Waals surface area contributed by atoms with Crippen LogP contribution in [0, 0.1) is 6.92 Å². The van der Waals surface area contributed by atoms with Gasteiger partial charge in [-0.25, -0.2) is 0 Å². The van der Waals surface area contributed by atoms with E-state index in [0.717, 1.165) is 28.1 Å². The fraction of sp³-hybridized carbons (Fsp3) is 0.118. The van der Waals surface area contributed by atoms with Crippen LogP contribution < -0.4 is 10.1 Å². The van der Waals surface area contributed by atoms with E-state index in [1.165, 1.54) is 0 Å². The second kappa shape index (κ2) is 4.85. The summed E-state index contributed by atoms with van der Waals surface area (Å²) in [5.74, 6) is 0.722. The van der Waals surface area contributed by atoms with Gasteiger partial charge in [0, 0.05) is 16.8 Å². The molecule has 0 aromatic heterocycles. The maximum absolute atomic E-state index is 12.1. The average molecular weight is 265 g/mol. The molecule has 1 aliphatic heterocycles. The molecule has 0 spiro atoms. The lowest BCUT2D eigenvalue weighted by Crippen LogP contribution is -2.03. The van der Waals surface area contributed by atoms with Crippen molar-refractivity contribution in [3.8, 4) is 5.75 Å². The Labute approximate surface area is 117 Å². The standard InChI is InChI=1S/C17H15NO2/c1-11-5-3-8-15-16(11)14(17(19)18-15)10-12-6-4-7-13(9-12)20-2/h3-10H,1-2H3,(H,18,19). The first-order valence-electron chi connectivity index (χ1n) is 6.46. The molecule has 1 N–H and O–H groups in total. The van der Waals surface area contributed by atoms with E-state index in [-0.39, 0.29) is 5.91 Å². The van der Waals surface area contributed by atoms with Crippen LogP contribution in [0.15, 0.2) is 42.5 Å². The van der Waals surface area contributed by atoms with Gasteiger partial charge in [0.15, 0.2) is 0 Å². The van der Waals surface area contributed by atoms with Crippen LogP contribution in [-0.4, -0.2) is 13.0 Å². The van der Waals surface area contributed by atoms with Gasteiger partial charge >= 0.3 is 0 Å². The van der Waals surface area contributed by atoms with Crippen LogP contribution >= 0.6 is 0 Å². The number of fused-ring (bicyclic) bond motifs is 1. The van der Waals surface area contributed by atoms with E-state index in [4.69, 9.17) is 4.74 Å². The molecule has 0 unspecified atom stereocenters. The van der Waals surface area contributed by atoms with Crippen LogP contribution in [0.2, 0.25) is 0 Å². The molecule has 3 nitrogen and oxygen atoms in total. The first kappa shape index (κ1) is 12.5. The zero-order valence-corrected chi connectivity index (χ0v) is 11.4. The lowest BCUT2D eigenvalue weighted by atomic mass is 9.99. The highest BCUT2D eigenvalue weighted by molar-refractivity contribution is 6.35. The molecule has 2 aromatic rings. The number of hydrogen-bond donors (Lipinski definition) is 1. The van der Waals surface area contributed by atoms with Gasteiger partial charge < -0.3 is 10.1 Å². The Morgan fingerprint density at radius 3 is 2.75 bits per heavy atom. The minimum Gasteiger partial charge on any atom is -0.497 e. The number of methoxy groups -OCH3 is 1. The molecule has 0 fully saturated rings. The third-order valence-corrected chi connectivity index (χ3v) is 3.44. The SMILES string of the molecule is COc1cccc(C=C2C(=O)Nc3cccc(C)c32)c1. The molecule has 0 radical (unpaired) electrons. The van der Waals surface area contributed by atoms with Crippen LogP contribution in [0.1, 0.15) is 16.7 Å². The quantitative estimate of drug-likeness (QED) is 0.844. The van der Waals surface area contributed by atoms with Crippen molar-refractivity contribution in [1.82, 2.24) is 0 Å². The predicted octanol–water partition coefficient (Wildman–Crippen LogP) is 3.50. The molecule has 0 bridgehead atoms. The predicted molar refractivity (Wildman–Crippen MR) is 80.7 cm³/mol. The topological polar surface area (TPSA) is 38.3 Å². The van der Waals surface area contributed by atoms with E-state index >= 15 is 0 Å². The lowest BCUT2D eigenvalue weighted by molar-refractivity contribution is -0.110. The molecular weight excluding hydrogens is 250 g/mol. The van der Waals surface area contributed by atoms with Crippen molar-refractivity contribution in [1.29, 1.82) is 0 Å². The van der Waals surface area contributed by atoms with E-state index < -0.39 is 0 Å². The Kier molecular flexibility index (Phi) is 3.03. The number of carbonyl (C=O) groups excluding carboxylic acids is 1. The first-order valence-corrected chi connectivity index (χ1v) is 6.46. The highest BCUT2D eigenvalue weighted by Gasteiger charge is 2.25. The highest BCUT2D eigenvalue weighted by Crippen LogP contribution is 2.35. The van der Waals surface area contributed by atoms with Crippen molar-refractivity contribution in [2.24, 2.45) is 0 Å². The van der Waals surface area contributed by atoms with Crippen LogP contribution in [0.4, 0.5) is 5.69 Å². The maximum atomic E-state index is 12.1. The van der Waals surface area contributed by atoms with Gasteiger partial charge in [-0.2, -0.15) is 0 Å². The van der Waals surface area contributed by atoms with Gasteiger partial charge in [-0.05, 0) is 42.3 Å². The Morgan fingerprint density at radius 2 is 1.95 bits per heavy atom. The molecule has 2 aromatic carbocycles. The van der Waals surface area contributed by atoms with Gasteiger partial charge in [0.25, 0.3) is 5.91 Å². The largest absolute Gasteiger partial charge is 0.497 e. The number of amides is 1. The van der Waals surface area contributed by atoms with E-state index in [9.17, 15) is 4.79 Å². The molecule has 0 saturated heterocycles. The zero-order chi connectivity index (χ0) is 14.1. The fourth-order valence-electron chi connectivity index (χ4n) is 2.47. The zero-order valence-electron chi connectivity index (χ0n) is 11.4. The number of aryl methyl sites for hydroxylation is 1. The maximum Gasteiger partial charge on any atom is 0.256 e. The molecular formula is C17H15NO2. The molecule has 1 aliphatic rings. The Morgan fingerprint density at radius 1 is 1.15 bits per heavy atom. The summed E-state index contributed by atoms with van der Waals surface area (Å²) < 4.78 is 5.21. The molecule has 3 rings (SSSR count). The Bertz CT molecular complexity index is 717. The summed E-state index contributed by atoms with van der Waals surface area (Å²) in [6, 6.07) is 13.6. The van der Waals surface area contributed by atoms with E-state index in [1.807, 2.05) is 55.5 Å². The second-order valence-corrected chi connectivity index (χ2v) is 4.79. The third kappa shape index (κ3) is 2.07. The van der Waals surface area contributed by atoms with E-state index in [0.29, 0.717) is 5.57 Å². The average Bonchev–Trinajstić information content (AvgIpc) is 2.77. The Hall–Kier alpha value is -2.55. The Balaban J connectivity index is 2.11. The van der Waals surface area contributed by atoms with E-state index in [1.54, 1.807) is 7.11 Å². The van der Waals surface area contributed by atoms with Gasteiger partial charge in [-0.1, -0.05) is 24.3 Å². The molecule has 100 valence electrons. The number of hydrogen-bond acceptors (Lipinski definition) is 2. The van der Waals surface area contributed by atoms with Crippen molar-refractivity contribution in [3.05, 3.63) is 59.2 Å². The van der Waals surface area contributed by atoms with Crippen LogP contribution in [-0.2, 0) is 4.79 Å². The van der Waals surface area contributed by atoms with Gasteiger partial charge in [-0.3, -0.25) is 4.79 Å². The molecule has 0 saturated carbocycles. The van der Waals surface area contributed by atoms with Gasteiger partial charge in [0.2, 0.25) is 0 Å². The molecule has 1 amide bonds. The smallest absolute Gasteiger partial charge is 0.256 e. The van der Waals surface area contributed by atoms with Gasteiger partial charge in [0.05, 0.1) is 7.11 Å². The number of anilines is 1. The summed E-state index contributed by atoms with van der Waals surface area (Å²) >= 11 is 0. The first-order chi connectivity index (χ1) is 9.69. The monoisotopic (exact) mass is 265 g/mol. The summed E-state index contributed by atoms with van der Waals surface area (Å²) in [5, 5.41) is 2.90. The number of rotatable bonds is 2. The fourth-order valence-corrected chi connectivity index (χ4v) is 2.47. The lowest BCUT2D eigenvalue weighted by Gasteiger charge is -2.04. The molecule has 0 aliphatic carbocycles. The second-order valence-electron chi connectivity index (χ2n) is 4.79. The van der Waals surface area contributed by atoms with Crippen molar-refractivity contribution >= 4 is 23.2 Å². The number of ether oxygens (including phenoxy) is 1. The van der Waals surface area contributed by atoms with Crippen LogP contribution in [0.5, 0.6) is 5.75 Å². The summed E-state index contributed by atoms with van der Waals surface area (Å²) in [5.41, 5.74) is 4.61. The van der Waals surface area contributed by atoms with E-state index in [2.05, 4.69) is 5.32 Å². The third-order valence-electron chi connectivity index (χ3n) is 3.44. The number of carbonyl (C=O) groups is 1. The summed E-state index contributed by atoms with van der Waals surface area (Å²) in [6.45, 7) is 2.01. The molecule has 20 heavy (non-hydrogen) atoms. The summed E-state index contributed by atoms with van der Waals surface area (Å²) in [4.78, 5) is 12.1. The van der Waals surface area contributed by atoms with Crippen molar-refractivity contribution in [2.45, 2.75) is 6.92 Å². The number of nitrogens with one attached hydrogen (secondary N) is 1. The number of benzene rings is 2. The normalized spacial score (nSPS) is 15.1. The minimum absolute atomic E-state index is 0.0582. The molecule has 1 heterocycles. The van der Waals surface area contributed by atoms with Gasteiger partial charge in [0.1, 0.15) is 5.75 Å². The van der Waals surface area contributed by atoms with Gasteiger partial charge in [-0.15, -0.1) is 0 Å². The molecule has 3 heteroatoms. The molecule has 0 atom stereocenters. The van der Waals surface area contributed by atoms with Crippen molar-refractivity contribution in [3.63, 3.8) is 0 Å².